The van der Waals surface area contributed by atoms with Crippen molar-refractivity contribution in [3.05, 3.63) is 42.4 Å². The van der Waals surface area contributed by atoms with E-state index < -0.39 is 9.84 Å². The van der Waals surface area contributed by atoms with Crippen molar-refractivity contribution in [1.29, 1.82) is 5.26 Å². The Morgan fingerprint density at radius 1 is 1.22 bits per heavy atom. The second-order valence-electron chi connectivity index (χ2n) is 3.70. The SMILES string of the molecule is CS(=O)(=O)c1ncc(-c2ccncc2)cc1C#N. The van der Waals surface area contributed by atoms with Crippen molar-refractivity contribution in [3.8, 4) is 17.2 Å². The molecule has 0 aromatic carbocycles. The summed E-state index contributed by atoms with van der Waals surface area (Å²) in [6.45, 7) is 0. The number of hydrogen-bond acceptors (Lipinski definition) is 5. The molecule has 0 aliphatic rings. The normalized spacial score (nSPS) is 10.9. The highest BCUT2D eigenvalue weighted by molar-refractivity contribution is 7.90. The van der Waals surface area contributed by atoms with E-state index in [9.17, 15) is 8.42 Å². The lowest BCUT2D eigenvalue weighted by Crippen LogP contribution is -2.03. The van der Waals surface area contributed by atoms with E-state index in [-0.39, 0.29) is 10.6 Å². The minimum Gasteiger partial charge on any atom is -0.265 e. The van der Waals surface area contributed by atoms with Crippen LogP contribution in [0.3, 0.4) is 0 Å². The van der Waals surface area contributed by atoms with Gasteiger partial charge in [0, 0.05) is 30.4 Å². The predicted molar refractivity (Wildman–Crippen MR) is 65.3 cm³/mol. The number of nitriles is 1. The largest absolute Gasteiger partial charge is 0.265 e. The van der Waals surface area contributed by atoms with Gasteiger partial charge in [0.15, 0.2) is 14.9 Å². The molecule has 0 aliphatic heterocycles. The number of sulfone groups is 1. The molecule has 2 aromatic heterocycles. The summed E-state index contributed by atoms with van der Waals surface area (Å²) in [5, 5.41) is 8.79. The van der Waals surface area contributed by atoms with Crippen molar-refractivity contribution in [2.45, 2.75) is 5.03 Å². The van der Waals surface area contributed by atoms with Crippen LogP contribution >= 0.6 is 0 Å². The molecule has 0 atom stereocenters. The number of nitrogens with zero attached hydrogens (tertiary/aromatic N) is 3. The molecule has 2 rings (SSSR count). The third-order valence-corrected chi connectivity index (χ3v) is 3.36. The summed E-state index contributed by atoms with van der Waals surface area (Å²) in [5.41, 5.74) is 1.56. The summed E-state index contributed by atoms with van der Waals surface area (Å²) in [6, 6.07) is 6.89. The van der Waals surface area contributed by atoms with E-state index >= 15 is 0 Å². The van der Waals surface area contributed by atoms with Crippen LogP contribution in [0.2, 0.25) is 0 Å². The summed E-state index contributed by atoms with van der Waals surface area (Å²) >= 11 is 0. The number of pyridine rings is 2. The number of hydrogen-bond donors (Lipinski definition) is 0. The molecule has 6 heteroatoms. The smallest absolute Gasteiger partial charge is 0.194 e. The van der Waals surface area contributed by atoms with E-state index in [1.165, 1.54) is 12.3 Å². The quantitative estimate of drug-likeness (QED) is 0.814. The first-order valence-electron chi connectivity index (χ1n) is 5.03. The van der Waals surface area contributed by atoms with Gasteiger partial charge in [-0.1, -0.05) is 0 Å². The summed E-state index contributed by atoms with van der Waals surface area (Å²) in [6.07, 6.45) is 5.70. The van der Waals surface area contributed by atoms with Crippen LogP contribution in [-0.2, 0) is 9.84 Å². The zero-order chi connectivity index (χ0) is 13.2. The molecular formula is C12H9N3O2S. The maximum atomic E-state index is 11.4. The molecule has 2 heterocycles. The minimum atomic E-state index is -3.49. The van der Waals surface area contributed by atoms with Gasteiger partial charge in [0.05, 0.1) is 5.56 Å². The molecule has 0 saturated heterocycles. The number of aromatic nitrogens is 2. The molecule has 90 valence electrons. The van der Waals surface area contributed by atoms with Gasteiger partial charge in [0.25, 0.3) is 0 Å². The Morgan fingerprint density at radius 3 is 2.44 bits per heavy atom. The van der Waals surface area contributed by atoms with E-state index in [1.54, 1.807) is 24.5 Å². The first kappa shape index (κ1) is 12.2. The van der Waals surface area contributed by atoms with Crippen LogP contribution < -0.4 is 0 Å². The zero-order valence-corrected chi connectivity index (χ0v) is 10.3. The summed E-state index contributed by atoms with van der Waals surface area (Å²) in [7, 11) is -3.49. The van der Waals surface area contributed by atoms with Crippen LogP contribution in [0.1, 0.15) is 5.56 Å². The lowest BCUT2D eigenvalue weighted by molar-refractivity contribution is 0.598. The van der Waals surface area contributed by atoms with Gasteiger partial charge < -0.3 is 0 Å². The fourth-order valence-electron chi connectivity index (χ4n) is 1.53. The molecule has 0 unspecified atom stereocenters. The lowest BCUT2D eigenvalue weighted by Gasteiger charge is -2.04. The Bertz CT molecular complexity index is 719. The highest BCUT2D eigenvalue weighted by Gasteiger charge is 2.15. The average molecular weight is 259 g/mol. The van der Waals surface area contributed by atoms with Gasteiger partial charge >= 0.3 is 0 Å². The van der Waals surface area contributed by atoms with Crippen molar-refractivity contribution in [3.63, 3.8) is 0 Å². The van der Waals surface area contributed by atoms with Crippen LogP contribution in [0.15, 0.2) is 41.8 Å². The number of rotatable bonds is 2. The van der Waals surface area contributed by atoms with E-state index in [2.05, 4.69) is 9.97 Å². The van der Waals surface area contributed by atoms with Crippen LogP contribution in [0.25, 0.3) is 11.1 Å². The van der Waals surface area contributed by atoms with Crippen molar-refractivity contribution in [2.24, 2.45) is 0 Å². The van der Waals surface area contributed by atoms with Crippen molar-refractivity contribution >= 4 is 9.84 Å². The summed E-state index contributed by atoms with van der Waals surface area (Å²) in [4.78, 5) is 7.76. The molecule has 5 nitrogen and oxygen atoms in total. The maximum absolute atomic E-state index is 11.4. The van der Waals surface area contributed by atoms with Gasteiger partial charge in [0.1, 0.15) is 6.07 Å². The Balaban J connectivity index is 2.61. The third kappa shape index (κ3) is 2.36. The lowest BCUT2D eigenvalue weighted by atomic mass is 10.1. The van der Waals surface area contributed by atoms with E-state index in [0.29, 0.717) is 5.56 Å². The standard InChI is InChI=1S/C12H9N3O2S/c1-18(16,17)12-10(7-13)6-11(8-15-12)9-2-4-14-5-3-9/h2-6,8H,1H3. The Hall–Kier alpha value is -2.26. The topological polar surface area (TPSA) is 83.7 Å². The van der Waals surface area contributed by atoms with Gasteiger partial charge in [-0.2, -0.15) is 5.26 Å². The Labute approximate surface area is 105 Å². The molecule has 0 radical (unpaired) electrons. The fourth-order valence-corrected chi connectivity index (χ4v) is 2.28. The molecule has 0 bridgehead atoms. The second kappa shape index (κ2) is 4.55. The van der Waals surface area contributed by atoms with Crippen LogP contribution in [0, 0.1) is 11.3 Å². The van der Waals surface area contributed by atoms with E-state index in [1.807, 2.05) is 6.07 Å². The fraction of sp³-hybridized carbons (Fsp3) is 0.0833. The average Bonchev–Trinajstić information content (AvgIpc) is 2.38. The molecule has 0 fully saturated rings. The molecule has 0 N–H and O–H groups in total. The van der Waals surface area contributed by atoms with Crippen LogP contribution in [-0.4, -0.2) is 24.6 Å². The van der Waals surface area contributed by atoms with Gasteiger partial charge in [-0.25, -0.2) is 13.4 Å². The molecule has 0 aliphatic carbocycles. The second-order valence-corrected chi connectivity index (χ2v) is 5.63. The first-order chi connectivity index (χ1) is 8.52. The van der Waals surface area contributed by atoms with Crippen LogP contribution in [0.5, 0.6) is 0 Å². The Morgan fingerprint density at radius 2 is 1.89 bits per heavy atom. The molecular weight excluding hydrogens is 250 g/mol. The van der Waals surface area contributed by atoms with Gasteiger partial charge in [-0.15, -0.1) is 0 Å². The molecule has 0 amide bonds. The Kier molecular flexibility index (Phi) is 3.08. The predicted octanol–water partition coefficient (Wildman–Crippen LogP) is 1.42. The molecule has 0 spiro atoms. The highest BCUT2D eigenvalue weighted by Crippen LogP contribution is 2.21. The van der Waals surface area contributed by atoms with Crippen molar-refractivity contribution in [1.82, 2.24) is 9.97 Å². The summed E-state index contributed by atoms with van der Waals surface area (Å²) in [5.74, 6) is 0. The minimum absolute atomic E-state index is 0.0480. The zero-order valence-electron chi connectivity index (χ0n) is 9.53. The molecule has 18 heavy (non-hydrogen) atoms. The van der Waals surface area contributed by atoms with Gasteiger partial charge in [-0.05, 0) is 23.8 Å². The van der Waals surface area contributed by atoms with E-state index in [4.69, 9.17) is 5.26 Å². The van der Waals surface area contributed by atoms with Gasteiger partial charge in [-0.3, -0.25) is 4.98 Å². The monoisotopic (exact) mass is 259 g/mol. The van der Waals surface area contributed by atoms with Gasteiger partial charge in [0.2, 0.25) is 0 Å². The van der Waals surface area contributed by atoms with E-state index in [0.717, 1.165) is 11.8 Å². The molecule has 0 saturated carbocycles. The van der Waals surface area contributed by atoms with Crippen molar-refractivity contribution in [2.75, 3.05) is 6.26 Å². The third-order valence-electron chi connectivity index (χ3n) is 2.34. The first-order valence-corrected chi connectivity index (χ1v) is 6.92. The summed E-state index contributed by atoms with van der Waals surface area (Å²) < 4.78 is 22.9. The van der Waals surface area contributed by atoms with Crippen LogP contribution in [0.4, 0.5) is 0 Å². The molecule has 2 aromatic rings. The maximum Gasteiger partial charge on any atom is 0.194 e. The highest BCUT2D eigenvalue weighted by atomic mass is 32.2. The van der Waals surface area contributed by atoms with Crippen molar-refractivity contribution < 1.29 is 8.42 Å².